The average Bonchev–Trinajstić information content (AvgIpc) is 2.61. The molecule has 0 heterocycles. The first-order chi connectivity index (χ1) is 12.2. The Labute approximate surface area is 167 Å². The zero-order valence-electron chi connectivity index (χ0n) is 14.7. The van der Waals surface area contributed by atoms with E-state index >= 15 is 0 Å². The van der Waals surface area contributed by atoms with E-state index in [-0.39, 0.29) is 10.0 Å². The summed E-state index contributed by atoms with van der Waals surface area (Å²) >= 11 is 18.4. The van der Waals surface area contributed by atoms with Crippen molar-refractivity contribution in [1.82, 2.24) is 0 Å². The van der Waals surface area contributed by atoms with Crippen LogP contribution in [0.5, 0.6) is 5.75 Å². The second-order valence-corrected chi connectivity index (χ2v) is 6.37. The van der Waals surface area contributed by atoms with Crippen molar-refractivity contribution in [2.75, 3.05) is 14.2 Å². The predicted octanol–water partition coefficient (Wildman–Crippen LogP) is 6.59. The molecule has 0 atom stereocenters. The summed E-state index contributed by atoms with van der Waals surface area (Å²) in [5, 5.41) is 0.768. The van der Waals surface area contributed by atoms with Gasteiger partial charge in [-0.25, -0.2) is 9.18 Å². The zero-order valence-corrected chi connectivity index (χ0v) is 17.0. The summed E-state index contributed by atoms with van der Waals surface area (Å²) in [6.45, 7) is 3.24. The molecule has 0 unspecified atom stereocenters. The minimum absolute atomic E-state index is 0.216. The van der Waals surface area contributed by atoms with Crippen LogP contribution in [0.4, 0.5) is 4.39 Å². The van der Waals surface area contributed by atoms with E-state index in [1.807, 2.05) is 0 Å². The maximum atomic E-state index is 14.2. The van der Waals surface area contributed by atoms with E-state index in [2.05, 4.69) is 4.74 Å². The molecule has 1 aromatic rings. The third-order valence-electron chi connectivity index (χ3n) is 3.30. The zero-order chi connectivity index (χ0) is 19.9. The van der Waals surface area contributed by atoms with Gasteiger partial charge in [-0.15, -0.1) is 0 Å². The lowest BCUT2D eigenvalue weighted by Gasteiger charge is -2.09. The number of ether oxygens (including phenoxy) is 2. The minimum Gasteiger partial charge on any atom is -0.495 e. The van der Waals surface area contributed by atoms with Crippen LogP contribution in [0.15, 0.2) is 47.3 Å². The summed E-state index contributed by atoms with van der Waals surface area (Å²) in [5.41, 5.74) is 1.35. The van der Waals surface area contributed by atoms with E-state index in [0.717, 1.165) is 0 Å². The highest BCUT2D eigenvalue weighted by atomic mass is 35.5. The SMILES string of the molecule is COC(=O)/C=C(C)/C=C/C(F)=C(C)/C=C/c1c(Cl)cc(OC)c(Cl)c1Cl. The summed E-state index contributed by atoms with van der Waals surface area (Å²) < 4.78 is 23.7. The Balaban J connectivity index is 3.07. The number of allylic oxidation sites excluding steroid dienone is 6. The topological polar surface area (TPSA) is 35.5 Å². The number of carbonyl (C=O) groups is 1. The fourth-order valence-corrected chi connectivity index (χ4v) is 2.60. The maximum absolute atomic E-state index is 14.2. The maximum Gasteiger partial charge on any atom is 0.330 e. The lowest BCUT2D eigenvalue weighted by atomic mass is 10.1. The van der Waals surface area contributed by atoms with Gasteiger partial charge in [0.2, 0.25) is 0 Å². The standard InChI is InChI=1S/C19H18Cl3FO3/c1-11(9-17(24)26-4)5-8-15(23)12(2)6-7-13-14(20)10-16(25-3)19(22)18(13)21/h5-10H,1-4H3/b7-6+,8-5+,11-9+,15-12-. The fraction of sp³-hybridized carbons (Fsp3) is 0.211. The van der Waals surface area contributed by atoms with Crippen LogP contribution in [0.2, 0.25) is 15.1 Å². The van der Waals surface area contributed by atoms with Crippen molar-refractivity contribution in [3.63, 3.8) is 0 Å². The Kier molecular flexibility index (Phi) is 8.93. The molecule has 0 aromatic heterocycles. The number of benzene rings is 1. The quantitative estimate of drug-likeness (QED) is 0.226. The first kappa shape index (κ1) is 22.3. The molecule has 0 saturated heterocycles. The molecule has 0 aliphatic rings. The van der Waals surface area contributed by atoms with E-state index in [0.29, 0.717) is 27.5 Å². The van der Waals surface area contributed by atoms with E-state index in [1.54, 1.807) is 19.9 Å². The molecule has 1 rings (SSSR count). The van der Waals surface area contributed by atoms with Crippen molar-refractivity contribution in [3.05, 3.63) is 68.0 Å². The van der Waals surface area contributed by atoms with Crippen LogP contribution in [0.3, 0.4) is 0 Å². The fourth-order valence-electron chi connectivity index (χ4n) is 1.81. The number of rotatable bonds is 6. The first-order valence-corrected chi connectivity index (χ1v) is 8.54. The number of esters is 1. The van der Waals surface area contributed by atoms with Gasteiger partial charge in [0.05, 0.1) is 24.3 Å². The van der Waals surface area contributed by atoms with Gasteiger partial charge in [-0.3, -0.25) is 0 Å². The van der Waals surface area contributed by atoms with Gasteiger partial charge >= 0.3 is 5.97 Å². The molecule has 0 N–H and O–H groups in total. The molecule has 140 valence electrons. The monoisotopic (exact) mass is 418 g/mol. The van der Waals surface area contributed by atoms with Crippen LogP contribution in [0.1, 0.15) is 19.4 Å². The molecular formula is C19H18Cl3FO3. The van der Waals surface area contributed by atoms with Crippen LogP contribution in [-0.2, 0) is 9.53 Å². The molecule has 3 nitrogen and oxygen atoms in total. The van der Waals surface area contributed by atoms with Crippen LogP contribution < -0.4 is 4.74 Å². The third kappa shape index (κ3) is 6.20. The molecule has 0 spiro atoms. The number of hydrogen-bond acceptors (Lipinski definition) is 3. The lowest BCUT2D eigenvalue weighted by Crippen LogP contribution is -1.94. The van der Waals surface area contributed by atoms with Crippen LogP contribution in [0, 0.1) is 0 Å². The van der Waals surface area contributed by atoms with E-state index in [1.165, 1.54) is 44.6 Å². The Bertz CT molecular complexity index is 809. The number of methoxy groups -OCH3 is 2. The number of hydrogen-bond donors (Lipinski definition) is 0. The lowest BCUT2D eigenvalue weighted by molar-refractivity contribution is -0.134. The Morgan fingerprint density at radius 1 is 1.08 bits per heavy atom. The summed E-state index contributed by atoms with van der Waals surface area (Å²) in [5.74, 6) is -0.632. The highest BCUT2D eigenvalue weighted by Crippen LogP contribution is 2.39. The van der Waals surface area contributed by atoms with Gasteiger partial charge in [-0.2, -0.15) is 0 Å². The smallest absolute Gasteiger partial charge is 0.330 e. The summed E-state index contributed by atoms with van der Waals surface area (Å²) in [6, 6.07) is 1.53. The normalized spacial score (nSPS) is 13.3. The molecule has 7 heteroatoms. The van der Waals surface area contributed by atoms with Crippen LogP contribution in [-0.4, -0.2) is 20.2 Å². The van der Waals surface area contributed by atoms with Gasteiger partial charge in [-0.1, -0.05) is 53.0 Å². The van der Waals surface area contributed by atoms with E-state index in [9.17, 15) is 9.18 Å². The van der Waals surface area contributed by atoms with Gasteiger partial charge in [0.1, 0.15) is 16.6 Å². The molecule has 0 aliphatic carbocycles. The summed E-state index contributed by atoms with van der Waals surface area (Å²) in [7, 11) is 2.72. The molecule has 26 heavy (non-hydrogen) atoms. The van der Waals surface area contributed by atoms with Crippen molar-refractivity contribution in [1.29, 1.82) is 0 Å². The summed E-state index contributed by atoms with van der Waals surface area (Å²) in [6.07, 6.45) is 7.06. The highest BCUT2D eigenvalue weighted by molar-refractivity contribution is 6.45. The van der Waals surface area contributed by atoms with Crippen LogP contribution >= 0.6 is 34.8 Å². The van der Waals surface area contributed by atoms with Crippen molar-refractivity contribution in [3.8, 4) is 5.75 Å². The van der Waals surface area contributed by atoms with Crippen LogP contribution in [0.25, 0.3) is 6.08 Å². The minimum atomic E-state index is -0.506. The van der Waals surface area contributed by atoms with Crippen molar-refractivity contribution in [2.45, 2.75) is 13.8 Å². The third-order valence-corrected chi connectivity index (χ3v) is 4.47. The van der Waals surface area contributed by atoms with Gasteiger partial charge in [0.25, 0.3) is 0 Å². The molecule has 0 amide bonds. The molecule has 0 fully saturated rings. The average molecular weight is 420 g/mol. The molecule has 0 aliphatic heterocycles. The van der Waals surface area contributed by atoms with E-state index in [4.69, 9.17) is 39.5 Å². The van der Waals surface area contributed by atoms with Crippen molar-refractivity contribution >= 4 is 46.8 Å². The molecule has 0 bridgehead atoms. The summed E-state index contributed by atoms with van der Waals surface area (Å²) in [4.78, 5) is 11.1. The largest absolute Gasteiger partial charge is 0.495 e. The van der Waals surface area contributed by atoms with E-state index < -0.39 is 11.8 Å². The van der Waals surface area contributed by atoms with Gasteiger partial charge < -0.3 is 9.47 Å². The van der Waals surface area contributed by atoms with Crippen molar-refractivity contribution in [2.24, 2.45) is 0 Å². The van der Waals surface area contributed by atoms with Gasteiger partial charge in [-0.05, 0) is 31.1 Å². The molecular weight excluding hydrogens is 402 g/mol. The Morgan fingerprint density at radius 3 is 2.31 bits per heavy atom. The predicted molar refractivity (Wildman–Crippen MR) is 106 cm³/mol. The second-order valence-electron chi connectivity index (χ2n) is 5.21. The number of carbonyl (C=O) groups excluding carboxylic acids is 1. The second kappa shape index (κ2) is 10.4. The van der Waals surface area contributed by atoms with Gasteiger partial charge in [0, 0.05) is 17.7 Å². The van der Waals surface area contributed by atoms with Crippen molar-refractivity contribution < 1.29 is 18.7 Å². The number of halogens is 4. The molecule has 0 saturated carbocycles. The Hall–Kier alpha value is -1.75. The highest BCUT2D eigenvalue weighted by Gasteiger charge is 2.13. The molecule has 1 aromatic carbocycles. The molecule has 0 radical (unpaired) electrons. The van der Waals surface area contributed by atoms with Gasteiger partial charge in [0.15, 0.2) is 0 Å². The Morgan fingerprint density at radius 2 is 1.73 bits per heavy atom. The first-order valence-electron chi connectivity index (χ1n) is 7.41.